The molecule has 1 aliphatic rings. The molecule has 0 bridgehead atoms. The molecule has 1 aromatic rings. The molecule has 3 nitrogen and oxygen atoms in total. The lowest BCUT2D eigenvalue weighted by Crippen LogP contribution is -2.27. The second-order valence-corrected chi connectivity index (χ2v) is 8.15. The van der Waals surface area contributed by atoms with Crippen molar-refractivity contribution >= 4 is 27.1 Å². The van der Waals surface area contributed by atoms with E-state index < -0.39 is 9.84 Å². The molecule has 20 heavy (non-hydrogen) atoms. The highest BCUT2D eigenvalue weighted by Crippen LogP contribution is 2.30. The largest absolute Gasteiger partial charge is 0.384 e. The van der Waals surface area contributed by atoms with Crippen molar-refractivity contribution in [1.29, 1.82) is 0 Å². The third kappa shape index (κ3) is 3.67. The lowest BCUT2D eigenvalue weighted by molar-refractivity contribution is 0.380. The van der Waals surface area contributed by atoms with E-state index in [0.29, 0.717) is 16.5 Å². The molecule has 1 N–H and O–H groups in total. The van der Waals surface area contributed by atoms with Gasteiger partial charge in [0, 0.05) is 11.9 Å². The molecule has 1 fully saturated rings. The molecule has 112 valence electrons. The van der Waals surface area contributed by atoms with Crippen LogP contribution in [0.5, 0.6) is 0 Å². The van der Waals surface area contributed by atoms with Crippen molar-refractivity contribution in [2.24, 2.45) is 5.92 Å². The molecule has 0 radical (unpaired) electrons. The number of hydrogen-bond acceptors (Lipinski definition) is 3. The maximum absolute atomic E-state index is 12.1. The van der Waals surface area contributed by atoms with Crippen LogP contribution < -0.4 is 5.32 Å². The average molecular weight is 316 g/mol. The summed E-state index contributed by atoms with van der Waals surface area (Å²) in [7, 11) is -3.19. The number of para-hydroxylation sites is 1. The minimum absolute atomic E-state index is 0.118. The van der Waals surface area contributed by atoms with Gasteiger partial charge in [0.2, 0.25) is 0 Å². The third-order valence-electron chi connectivity index (χ3n) is 3.97. The van der Waals surface area contributed by atoms with Crippen LogP contribution in [0.2, 0.25) is 0 Å². The normalized spacial score (nSPS) is 23.5. The Bertz CT molecular complexity index is 545. The first-order chi connectivity index (χ1) is 9.54. The van der Waals surface area contributed by atoms with Crippen LogP contribution in [0.25, 0.3) is 0 Å². The summed E-state index contributed by atoms with van der Waals surface area (Å²) in [5.74, 6) is 0.538. The highest BCUT2D eigenvalue weighted by molar-refractivity contribution is 7.91. The van der Waals surface area contributed by atoms with Gasteiger partial charge in [-0.2, -0.15) is 0 Å². The van der Waals surface area contributed by atoms with Gasteiger partial charge >= 0.3 is 0 Å². The minimum Gasteiger partial charge on any atom is -0.384 e. The molecule has 2 atom stereocenters. The molecule has 2 rings (SSSR count). The number of benzene rings is 1. The fraction of sp³-hybridized carbons (Fsp3) is 0.600. The standard InChI is InChI=1S/C15H22ClNO2S/c1-2-20(18,19)15-10-6-5-9-14(15)17-11-12-7-3-4-8-13(12)16/h5-6,9-10,12-13,17H,2-4,7-8,11H2,1H3. The minimum atomic E-state index is -3.19. The van der Waals surface area contributed by atoms with Crippen LogP contribution in [0.1, 0.15) is 32.6 Å². The van der Waals surface area contributed by atoms with Gasteiger partial charge in [0.25, 0.3) is 0 Å². The smallest absolute Gasteiger partial charge is 0.180 e. The summed E-state index contributed by atoms with van der Waals surface area (Å²) >= 11 is 6.35. The van der Waals surface area contributed by atoms with Gasteiger partial charge in [0.1, 0.15) is 0 Å². The fourth-order valence-corrected chi connectivity index (χ4v) is 4.11. The summed E-state index contributed by atoms with van der Waals surface area (Å²) in [5, 5.41) is 3.49. The van der Waals surface area contributed by atoms with E-state index >= 15 is 0 Å². The van der Waals surface area contributed by atoms with Crippen LogP contribution in [0, 0.1) is 5.92 Å². The fourth-order valence-electron chi connectivity index (χ4n) is 2.67. The van der Waals surface area contributed by atoms with E-state index in [1.165, 1.54) is 12.8 Å². The van der Waals surface area contributed by atoms with Gasteiger partial charge in [-0.05, 0) is 30.9 Å². The maximum Gasteiger partial charge on any atom is 0.180 e. The monoisotopic (exact) mass is 315 g/mol. The summed E-state index contributed by atoms with van der Waals surface area (Å²) < 4.78 is 24.1. The molecule has 0 heterocycles. The van der Waals surface area contributed by atoms with Crippen molar-refractivity contribution in [3.63, 3.8) is 0 Å². The second-order valence-electron chi connectivity index (χ2n) is 5.34. The van der Waals surface area contributed by atoms with E-state index in [4.69, 9.17) is 11.6 Å². The van der Waals surface area contributed by atoms with Gasteiger partial charge in [-0.1, -0.05) is 31.9 Å². The molecule has 0 amide bonds. The Morgan fingerprint density at radius 1 is 1.25 bits per heavy atom. The van der Waals surface area contributed by atoms with Gasteiger partial charge in [-0.15, -0.1) is 11.6 Å². The SMILES string of the molecule is CCS(=O)(=O)c1ccccc1NCC1CCCCC1Cl. The number of sulfone groups is 1. The second kappa shape index (κ2) is 6.81. The van der Waals surface area contributed by atoms with Gasteiger partial charge in [0.05, 0.1) is 16.3 Å². The Hall–Kier alpha value is -0.740. The predicted octanol–water partition coefficient (Wildman–Crippen LogP) is 3.69. The average Bonchev–Trinajstić information content (AvgIpc) is 2.47. The topological polar surface area (TPSA) is 46.2 Å². The van der Waals surface area contributed by atoms with Crippen LogP contribution in [-0.2, 0) is 9.84 Å². The molecule has 0 spiro atoms. The Kier molecular flexibility index (Phi) is 5.33. The van der Waals surface area contributed by atoms with Crippen molar-refractivity contribution < 1.29 is 8.42 Å². The third-order valence-corrected chi connectivity index (χ3v) is 6.33. The highest BCUT2D eigenvalue weighted by atomic mass is 35.5. The summed E-state index contributed by atoms with van der Waals surface area (Å²) in [6.45, 7) is 2.41. The van der Waals surface area contributed by atoms with Crippen molar-refractivity contribution in [1.82, 2.24) is 0 Å². The molecule has 2 unspecified atom stereocenters. The van der Waals surface area contributed by atoms with E-state index in [0.717, 1.165) is 19.4 Å². The maximum atomic E-state index is 12.1. The zero-order valence-corrected chi connectivity index (χ0v) is 13.4. The van der Waals surface area contributed by atoms with Crippen molar-refractivity contribution in [2.45, 2.75) is 42.9 Å². The molecule has 0 aromatic heterocycles. The quantitative estimate of drug-likeness (QED) is 0.843. The van der Waals surface area contributed by atoms with Crippen LogP contribution in [-0.4, -0.2) is 26.1 Å². The number of hydrogen-bond donors (Lipinski definition) is 1. The summed E-state index contributed by atoms with van der Waals surface area (Å²) in [5.41, 5.74) is 0.698. The van der Waals surface area contributed by atoms with E-state index in [1.807, 2.05) is 12.1 Å². The van der Waals surface area contributed by atoms with Gasteiger partial charge in [-0.25, -0.2) is 8.42 Å². The van der Waals surface area contributed by atoms with Crippen LogP contribution in [0.15, 0.2) is 29.2 Å². The van der Waals surface area contributed by atoms with E-state index in [-0.39, 0.29) is 11.1 Å². The number of halogens is 1. The van der Waals surface area contributed by atoms with Crippen molar-refractivity contribution in [2.75, 3.05) is 17.6 Å². The molecule has 0 aliphatic heterocycles. The Morgan fingerprint density at radius 2 is 1.95 bits per heavy atom. The Morgan fingerprint density at radius 3 is 2.65 bits per heavy atom. The van der Waals surface area contributed by atoms with Crippen LogP contribution in [0.3, 0.4) is 0 Å². The Balaban J connectivity index is 2.10. The first kappa shape index (κ1) is 15.6. The first-order valence-electron chi connectivity index (χ1n) is 7.24. The summed E-state index contributed by atoms with van der Waals surface area (Å²) in [4.78, 5) is 0.393. The first-order valence-corrected chi connectivity index (χ1v) is 9.33. The number of rotatable bonds is 5. The van der Waals surface area contributed by atoms with Gasteiger partial charge < -0.3 is 5.32 Å². The predicted molar refractivity (Wildman–Crippen MR) is 84.3 cm³/mol. The van der Waals surface area contributed by atoms with E-state index in [9.17, 15) is 8.42 Å². The number of alkyl halides is 1. The van der Waals surface area contributed by atoms with Gasteiger partial charge in [0.15, 0.2) is 9.84 Å². The number of anilines is 1. The summed E-state index contributed by atoms with van der Waals surface area (Å²) in [6, 6.07) is 7.11. The highest BCUT2D eigenvalue weighted by Gasteiger charge is 2.23. The molecular formula is C15H22ClNO2S. The lowest BCUT2D eigenvalue weighted by atomic mass is 9.88. The van der Waals surface area contributed by atoms with Gasteiger partial charge in [-0.3, -0.25) is 0 Å². The van der Waals surface area contributed by atoms with E-state index in [2.05, 4.69) is 5.32 Å². The summed E-state index contributed by atoms with van der Waals surface area (Å²) in [6.07, 6.45) is 4.59. The van der Waals surface area contributed by atoms with Crippen molar-refractivity contribution in [3.8, 4) is 0 Å². The molecule has 5 heteroatoms. The molecule has 0 saturated heterocycles. The number of nitrogens with one attached hydrogen (secondary N) is 1. The molecule has 1 saturated carbocycles. The molecular weight excluding hydrogens is 294 g/mol. The Labute approximate surface area is 126 Å². The zero-order valence-electron chi connectivity index (χ0n) is 11.8. The lowest BCUT2D eigenvalue weighted by Gasteiger charge is -2.27. The van der Waals surface area contributed by atoms with Crippen LogP contribution in [0.4, 0.5) is 5.69 Å². The van der Waals surface area contributed by atoms with E-state index in [1.54, 1.807) is 19.1 Å². The molecule has 1 aliphatic carbocycles. The van der Waals surface area contributed by atoms with Crippen molar-refractivity contribution in [3.05, 3.63) is 24.3 Å². The zero-order chi connectivity index (χ0) is 14.6. The molecule has 1 aromatic carbocycles. The van der Waals surface area contributed by atoms with Crippen LogP contribution >= 0.6 is 11.6 Å².